The second-order valence-corrected chi connectivity index (χ2v) is 10.3. The van der Waals surface area contributed by atoms with Crippen LogP contribution in [0.3, 0.4) is 0 Å². The van der Waals surface area contributed by atoms with Crippen LogP contribution in [0.4, 0.5) is 11.8 Å². The van der Waals surface area contributed by atoms with Crippen LogP contribution in [0.1, 0.15) is 43.5 Å². The highest BCUT2D eigenvalue weighted by Crippen LogP contribution is 2.43. The summed E-state index contributed by atoms with van der Waals surface area (Å²) in [6.45, 7) is 13.8. The van der Waals surface area contributed by atoms with Gasteiger partial charge in [-0.2, -0.15) is 4.98 Å². The highest BCUT2D eigenvalue weighted by molar-refractivity contribution is 7.15. The number of thiazole rings is 1. The van der Waals surface area contributed by atoms with Gasteiger partial charge in [0.05, 0.1) is 35.7 Å². The van der Waals surface area contributed by atoms with Crippen molar-refractivity contribution in [2.45, 2.75) is 72.0 Å². The predicted molar refractivity (Wildman–Crippen MR) is 129 cm³/mol. The minimum Gasteiger partial charge on any atom is -0.396 e. The Hall–Kier alpha value is -1.85. The van der Waals surface area contributed by atoms with Crippen LogP contribution in [-0.2, 0) is 14.2 Å². The second kappa shape index (κ2) is 9.79. The van der Waals surface area contributed by atoms with E-state index in [4.69, 9.17) is 29.2 Å². The lowest BCUT2D eigenvalue weighted by molar-refractivity contribution is -0.158. The molecule has 9 nitrogen and oxygen atoms in total. The summed E-state index contributed by atoms with van der Waals surface area (Å²) in [5.41, 5.74) is 2.75. The van der Waals surface area contributed by atoms with E-state index < -0.39 is 5.79 Å². The number of aliphatic hydroxyl groups is 1. The summed E-state index contributed by atoms with van der Waals surface area (Å²) in [7, 11) is 0. The number of aromatic nitrogens is 3. The Balaban J connectivity index is 1.66. The molecule has 3 heterocycles. The minimum absolute atomic E-state index is 0.00815. The molecule has 4 rings (SSSR count). The van der Waals surface area contributed by atoms with Gasteiger partial charge in [0.2, 0.25) is 5.95 Å². The third-order valence-corrected chi connectivity index (χ3v) is 7.29. The number of fused-ring (bicyclic) bond motifs is 1. The van der Waals surface area contributed by atoms with Gasteiger partial charge in [-0.3, -0.25) is 0 Å². The molecule has 33 heavy (non-hydrogen) atoms. The Labute approximate surface area is 199 Å². The molecule has 0 aromatic carbocycles. The van der Waals surface area contributed by atoms with Crippen LogP contribution in [-0.4, -0.2) is 70.5 Å². The van der Waals surface area contributed by atoms with Crippen LogP contribution < -0.4 is 10.6 Å². The zero-order valence-electron chi connectivity index (χ0n) is 20.3. The van der Waals surface area contributed by atoms with Gasteiger partial charge in [0, 0.05) is 30.6 Å². The molecule has 3 N–H and O–H groups in total. The minimum atomic E-state index is -0.678. The van der Waals surface area contributed by atoms with E-state index in [9.17, 15) is 5.11 Å². The molecule has 2 aliphatic rings. The zero-order valence-corrected chi connectivity index (χ0v) is 21.1. The average Bonchev–Trinajstić information content (AvgIpc) is 3.35. The zero-order chi connectivity index (χ0) is 23.8. The van der Waals surface area contributed by atoms with Gasteiger partial charge < -0.3 is 30.0 Å². The van der Waals surface area contributed by atoms with Crippen molar-refractivity contribution in [1.29, 1.82) is 0 Å². The van der Waals surface area contributed by atoms with Crippen molar-refractivity contribution < 1.29 is 19.3 Å². The maximum atomic E-state index is 9.94. The number of ether oxygens (including phenoxy) is 3. The molecule has 0 bridgehead atoms. The molecule has 1 aliphatic carbocycles. The van der Waals surface area contributed by atoms with Crippen molar-refractivity contribution in [1.82, 2.24) is 15.0 Å². The number of aliphatic hydroxyl groups excluding tert-OH is 1. The number of rotatable bonds is 9. The molecule has 0 unspecified atom stereocenters. The molecule has 1 saturated heterocycles. The quantitative estimate of drug-likeness (QED) is 0.469. The summed E-state index contributed by atoms with van der Waals surface area (Å²) in [6, 6.07) is -0.0552. The number of anilines is 2. The number of hydrogen-bond acceptors (Lipinski definition) is 10. The maximum absolute atomic E-state index is 9.94. The monoisotopic (exact) mass is 477 g/mol. The van der Waals surface area contributed by atoms with Crippen LogP contribution in [0.25, 0.3) is 10.6 Å². The Bertz CT molecular complexity index is 963. The fourth-order valence-electron chi connectivity index (χ4n) is 4.55. The lowest BCUT2D eigenvalue weighted by atomic mass is 10.1. The third-order valence-electron chi connectivity index (χ3n) is 6.20. The topological polar surface area (TPSA) is 111 Å². The second-order valence-electron chi connectivity index (χ2n) is 9.13. The predicted octanol–water partition coefficient (Wildman–Crippen LogP) is 3.29. The highest BCUT2D eigenvalue weighted by Gasteiger charge is 2.54. The summed E-state index contributed by atoms with van der Waals surface area (Å²) in [4.78, 5) is 15.5. The van der Waals surface area contributed by atoms with E-state index in [1.165, 1.54) is 4.88 Å². The number of hydrogen-bond donors (Lipinski definition) is 3. The summed E-state index contributed by atoms with van der Waals surface area (Å²) >= 11 is 1.64. The average molecular weight is 478 g/mol. The Kier molecular flexibility index (Phi) is 7.20. The molecule has 0 spiro atoms. The molecule has 1 saturated carbocycles. The fraction of sp³-hybridized carbons (Fsp3) is 0.696. The lowest BCUT2D eigenvalue weighted by Crippen LogP contribution is -2.35. The Morgan fingerprint density at radius 3 is 2.55 bits per heavy atom. The molecule has 1 aliphatic heterocycles. The fourth-order valence-corrected chi connectivity index (χ4v) is 5.57. The smallest absolute Gasteiger partial charge is 0.224 e. The Morgan fingerprint density at radius 1 is 1.12 bits per heavy atom. The SMILES string of the molecule is CCOCCNc1nc(C)c(-c2nc(C)c(C)s2)c(N[C@@H]2C[C@H](CO)[C@H]3OC(C)(C)O[C@H]32)n1. The molecule has 2 aromatic heterocycles. The number of aryl methyl sites for hydroxylation is 3. The van der Waals surface area contributed by atoms with Gasteiger partial charge in [0.25, 0.3) is 0 Å². The van der Waals surface area contributed by atoms with E-state index >= 15 is 0 Å². The normalized spacial score (nSPS) is 25.9. The van der Waals surface area contributed by atoms with Crippen LogP contribution >= 0.6 is 11.3 Å². The van der Waals surface area contributed by atoms with Crippen molar-refractivity contribution >= 4 is 23.1 Å². The molecule has 2 aromatic rings. The van der Waals surface area contributed by atoms with E-state index in [1.54, 1.807) is 11.3 Å². The van der Waals surface area contributed by atoms with Crippen molar-refractivity contribution in [3.05, 3.63) is 16.3 Å². The molecule has 182 valence electrons. The Morgan fingerprint density at radius 2 is 1.88 bits per heavy atom. The van der Waals surface area contributed by atoms with Gasteiger partial charge in [-0.05, 0) is 48.0 Å². The summed E-state index contributed by atoms with van der Waals surface area (Å²) in [5, 5.41) is 17.7. The van der Waals surface area contributed by atoms with Crippen LogP contribution in [0.15, 0.2) is 0 Å². The van der Waals surface area contributed by atoms with E-state index in [-0.39, 0.29) is 30.8 Å². The first-order chi connectivity index (χ1) is 15.7. The molecule has 4 atom stereocenters. The largest absolute Gasteiger partial charge is 0.396 e. The van der Waals surface area contributed by atoms with Crippen molar-refractivity contribution in [3.63, 3.8) is 0 Å². The van der Waals surface area contributed by atoms with Crippen LogP contribution in [0.5, 0.6) is 0 Å². The van der Waals surface area contributed by atoms with Crippen LogP contribution in [0.2, 0.25) is 0 Å². The number of nitrogens with one attached hydrogen (secondary N) is 2. The highest BCUT2D eigenvalue weighted by atomic mass is 32.1. The molecular formula is C23H35N5O4S. The molecule has 10 heteroatoms. The summed E-state index contributed by atoms with van der Waals surface area (Å²) < 4.78 is 17.8. The first-order valence-corrected chi connectivity index (χ1v) is 12.4. The third kappa shape index (κ3) is 5.14. The van der Waals surface area contributed by atoms with Gasteiger partial charge in [-0.1, -0.05) is 0 Å². The van der Waals surface area contributed by atoms with E-state index in [1.807, 2.05) is 34.6 Å². The van der Waals surface area contributed by atoms with Gasteiger partial charge in [0.15, 0.2) is 5.79 Å². The molecule has 0 amide bonds. The van der Waals surface area contributed by atoms with Crippen molar-refractivity contribution in [2.24, 2.45) is 5.92 Å². The van der Waals surface area contributed by atoms with Gasteiger partial charge >= 0.3 is 0 Å². The first-order valence-electron chi connectivity index (χ1n) is 11.6. The number of nitrogens with zero attached hydrogens (tertiary/aromatic N) is 3. The van der Waals surface area contributed by atoms with Crippen molar-refractivity contribution in [2.75, 3.05) is 37.0 Å². The van der Waals surface area contributed by atoms with Crippen LogP contribution in [0, 0.1) is 26.7 Å². The van der Waals surface area contributed by atoms with E-state index in [0.29, 0.717) is 31.5 Å². The summed E-state index contributed by atoms with van der Waals surface area (Å²) in [6.07, 6.45) is 0.407. The summed E-state index contributed by atoms with van der Waals surface area (Å²) in [5.74, 6) is 0.587. The van der Waals surface area contributed by atoms with Gasteiger partial charge in [-0.25, -0.2) is 9.97 Å². The maximum Gasteiger partial charge on any atom is 0.224 e. The van der Waals surface area contributed by atoms with Crippen molar-refractivity contribution in [3.8, 4) is 10.6 Å². The van der Waals surface area contributed by atoms with Gasteiger partial charge in [0.1, 0.15) is 16.9 Å². The first kappa shape index (κ1) is 24.3. The van der Waals surface area contributed by atoms with Gasteiger partial charge in [-0.15, -0.1) is 11.3 Å². The molecule has 2 fully saturated rings. The lowest BCUT2D eigenvalue weighted by Gasteiger charge is -2.25. The standard InChI is InChI=1S/C23H35N5O4S/c1-7-30-9-8-24-22-26-13(3)17(21-25-12(2)14(4)33-21)20(28-22)27-16-10-15(11-29)18-19(16)32-23(5,6)31-18/h15-16,18-19,29H,7-11H2,1-6H3,(H2,24,26,27,28)/t15-,16-,18-,19+/m1/s1. The molecule has 0 radical (unpaired) electrons. The molecular weight excluding hydrogens is 442 g/mol. The van der Waals surface area contributed by atoms with E-state index in [2.05, 4.69) is 17.6 Å². The van der Waals surface area contributed by atoms with E-state index in [0.717, 1.165) is 28.4 Å².